The minimum atomic E-state index is 0.353. The van der Waals surface area contributed by atoms with Crippen LogP contribution in [0.3, 0.4) is 0 Å². The third kappa shape index (κ3) is 6.82. The van der Waals surface area contributed by atoms with Crippen LogP contribution >= 0.6 is 0 Å². The van der Waals surface area contributed by atoms with Gasteiger partial charge >= 0.3 is 0 Å². The van der Waals surface area contributed by atoms with Crippen molar-refractivity contribution >= 4 is 0 Å². The van der Waals surface area contributed by atoms with Crippen LogP contribution in [0.25, 0.3) is 0 Å². The van der Waals surface area contributed by atoms with Gasteiger partial charge in [0.25, 0.3) is 0 Å². The van der Waals surface area contributed by atoms with Gasteiger partial charge in [-0.25, -0.2) is 0 Å². The highest BCUT2D eigenvalue weighted by Gasteiger charge is 2.09. The number of hydrogen-bond donors (Lipinski definition) is 0. The van der Waals surface area contributed by atoms with Crippen molar-refractivity contribution in [2.45, 2.75) is 78.1 Å². The molecule has 1 atom stereocenters. The molecule has 0 aliphatic carbocycles. The third-order valence-corrected chi connectivity index (χ3v) is 5.03. The van der Waals surface area contributed by atoms with Crippen LogP contribution in [-0.4, -0.2) is 11.6 Å². The molecule has 1 heterocycles. The zero-order chi connectivity index (χ0) is 18.6. The van der Waals surface area contributed by atoms with E-state index in [4.69, 9.17) is 4.74 Å². The topological polar surface area (TPSA) is 22.1 Å². The molecule has 0 saturated carbocycles. The van der Waals surface area contributed by atoms with Crippen molar-refractivity contribution in [3.8, 4) is 5.75 Å². The predicted octanol–water partition coefficient (Wildman–Crippen LogP) is 6.93. The van der Waals surface area contributed by atoms with Gasteiger partial charge in [-0.1, -0.05) is 71.1 Å². The first kappa shape index (κ1) is 20.5. The van der Waals surface area contributed by atoms with Crippen molar-refractivity contribution < 1.29 is 4.74 Å². The maximum atomic E-state index is 5.75. The summed E-state index contributed by atoms with van der Waals surface area (Å²) in [6.07, 6.45) is 12.0. The smallest absolute Gasteiger partial charge is 0.119 e. The van der Waals surface area contributed by atoms with Crippen molar-refractivity contribution in [2.75, 3.05) is 6.61 Å². The first-order valence-corrected chi connectivity index (χ1v) is 10.4. The Morgan fingerprint density at radius 2 is 1.50 bits per heavy atom. The third-order valence-electron chi connectivity index (χ3n) is 5.03. The van der Waals surface area contributed by atoms with E-state index >= 15 is 0 Å². The molecule has 142 valence electrons. The lowest BCUT2D eigenvalue weighted by Crippen LogP contribution is -2.00. The minimum Gasteiger partial charge on any atom is -0.494 e. The number of hydrogen-bond acceptors (Lipinski definition) is 2. The average molecular weight is 354 g/mol. The molecule has 1 aromatic heterocycles. The number of pyridine rings is 1. The molecule has 0 aliphatic rings. The fourth-order valence-electron chi connectivity index (χ4n) is 3.13. The lowest BCUT2D eigenvalue weighted by atomic mass is 9.94. The number of ether oxygens (including phenoxy) is 1. The molecule has 2 aromatic rings. The van der Waals surface area contributed by atoms with Gasteiger partial charge in [-0.3, -0.25) is 4.98 Å². The molecule has 26 heavy (non-hydrogen) atoms. The van der Waals surface area contributed by atoms with E-state index in [0.29, 0.717) is 5.92 Å². The van der Waals surface area contributed by atoms with E-state index in [-0.39, 0.29) is 0 Å². The number of aryl methyl sites for hydroxylation is 1. The normalized spacial score (nSPS) is 12.1. The van der Waals surface area contributed by atoms with E-state index in [9.17, 15) is 0 Å². The standard InChI is InChI=1S/C24H35NO/c1-4-6-8-9-10-11-23-15-12-22(19-25-23)20(3)21-13-16-24(17-14-21)26-18-7-5-2/h12-17,19-20H,4-11,18H2,1-3H3. The quantitative estimate of drug-likeness (QED) is 0.386. The van der Waals surface area contributed by atoms with Crippen LogP contribution in [0, 0.1) is 0 Å². The van der Waals surface area contributed by atoms with Gasteiger partial charge in [0.1, 0.15) is 5.75 Å². The molecule has 1 unspecified atom stereocenters. The monoisotopic (exact) mass is 353 g/mol. The molecule has 2 rings (SSSR count). The summed E-state index contributed by atoms with van der Waals surface area (Å²) in [5.74, 6) is 1.32. The Morgan fingerprint density at radius 1 is 0.808 bits per heavy atom. The summed E-state index contributed by atoms with van der Waals surface area (Å²) in [6.45, 7) is 7.48. The molecule has 0 fully saturated rings. The largest absolute Gasteiger partial charge is 0.494 e. The van der Waals surface area contributed by atoms with Crippen LogP contribution in [0.1, 0.15) is 88.5 Å². The van der Waals surface area contributed by atoms with Gasteiger partial charge in [-0.15, -0.1) is 0 Å². The summed E-state index contributed by atoms with van der Waals surface area (Å²) in [7, 11) is 0. The van der Waals surface area contributed by atoms with Gasteiger partial charge < -0.3 is 4.74 Å². The second kappa shape index (κ2) is 11.7. The van der Waals surface area contributed by atoms with Crippen molar-refractivity contribution in [3.63, 3.8) is 0 Å². The van der Waals surface area contributed by atoms with E-state index in [1.165, 1.54) is 48.9 Å². The lowest BCUT2D eigenvalue weighted by Gasteiger charge is -2.14. The Bertz CT molecular complexity index is 603. The van der Waals surface area contributed by atoms with Gasteiger partial charge in [-0.05, 0) is 48.6 Å². The first-order chi connectivity index (χ1) is 12.7. The zero-order valence-corrected chi connectivity index (χ0v) is 16.8. The molecule has 0 N–H and O–H groups in total. The first-order valence-electron chi connectivity index (χ1n) is 10.4. The molecule has 0 radical (unpaired) electrons. The predicted molar refractivity (Wildman–Crippen MR) is 111 cm³/mol. The summed E-state index contributed by atoms with van der Waals surface area (Å²) >= 11 is 0. The lowest BCUT2D eigenvalue weighted by molar-refractivity contribution is 0.309. The molecule has 0 bridgehead atoms. The van der Waals surface area contributed by atoms with Gasteiger partial charge in [-0.2, -0.15) is 0 Å². The number of nitrogens with zero attached hydrogens (tertiary/aromatic N) is 1. The Morgan fingerprint density at radius 3 is 2.15 bits per heavy atom. The summed E-state index contributed by atoms with van der Waals surface area (Å²) in [5, 5.41) is 0. The summed E-state index contributed by atoms with van der Waals surface area (Å²) < 4.78 is 5.75. The second-order valence-corrected chi connectivity index (χ2v) is 7.24. The highest BCUT2D eigenvalue weighted by Crippen LogP contribution is 2.25. The molecule has 0 spiro atoms. The Balaban J connectivity index is 1.85. The average Bonchev–Trinajstić information content (AvgIpc) is 2.68. The van der Waals surface area contributed by atoms with Crippen LogP contribution in [0.4, 0.5) is 0 Å². The summed E-state index contributed by atoms with van der Waals surface area (Å²) in [6, 6.07) is 13.0. The summed E-state index contributed by atoms with van der Waals surface area (Å²) in [5.41, 5.74) is 3.80. The Hall–Kier alpha value is -1.83. The van der Waals surface area contributed by atoms with Crippen molar-refractivity contribution in [1.82, 2.24) is 4.98 Å². The van der Waals surface area contributed by atoms with E-state index < -0.39 is 0 Å². The molecule has 0 aliphatic heterocycles. The Labute approximate surface area is 160 Å². The van der Waals surface area contributed by atoms with Crippen LogP contribution in [-0.2, 0) is 6.42 Å². The second-order valence-electron chi connectivity index (χ2n) is 7.24. The fourth-order valence-corrected chi connectivity index (χ4v) is 3.13. The Kier molecular flexibility index (Phi) is 9.23. The molecular formula is C24H35NO. The van der Waals surface area contributed by atoms with Crippen molar-refractivity contribution in [3.05, 3.63) is 59.4 Å². The molecule has 0 saturated heterocycles. The zero-order valence-electron chi connectivity index (χ0n) is 16.8. The van der Waals surface area contributed by atoms with E-state index in [2.05, 4.69) is 68.4 Å². The van der Waals surface area contributed by atoms with Crippen molar-refractivity contribution in [1.29, 1.82) is 0 Å². The molecule has 2 nitrogen and oxygen atoms in total. The van der Waals surface area contributed by atoms with Crippen molar-refractivity contribution in [2.24, 2.45) is 0 Å². The fraction of sp³-hybridized carbons (Fsp3) is 0.542. The van der Waals surface area contributed by atoms with Crippen LogP contribution in [0.2, 0.25) is 0 Å². The molecule has 0 amide bonds. The van der Waals surface area contributed by atoms with Gasteiger partial charge in [0.15, 0.2) is 0 Å². The van der Waals surface area contributed by atoms with Gasteiger partial charge in [0, 0.05) is 17.8 Å². The molecule has 2 heteroatoms. The van der Waals surface area contributed by atoms with E-state index in [1.807, 2.05) is 0 Å². The number of rotatable bonds is 12. The number of aromatic nitrogens is 1. The maximum absolute atomic E-state index is 5.75. The number of benzene rings is 1. The molecule has 1 aromatic carbocycles. The SMILES string of the molecule is CCCCCCCc1ccc(C(C)c2ccc(OCCCC)cc2)cn1. The van der Waals surface area contributed by atoms with Crippen LogP contribution < -0.4 is 4.74 Å². The van der Waals surface area contributed by atoms with Gasteiger partial charge in [0.2, 0.25) is 0 Å². The highest BCUT2D eigenvalue weighted by atomic mass is 16.5. The highest BCUT2D eigenvalue weighted by molar-refractivity contribution is 5.34. The van der Waals surface area contributed by atoms with Gasteiger partial charge in [0.05, 0.1) is 6.61 Å². The van der Waals surface area contributed by atoms with Crippen LogP contribution in [0.15, 0.2) is 42.6 Å². The minimum absolute atomic E-state index is 0.353. The number of unbranched alkanes of at least 4 members (excludes halogenated alkanes) is 5. The maximum Gasteiger partial charge on any atom is 0.119 e. The van der Waals surface area contributed by atoms with Crippen LogP contribution in [0.5, 0.6) is 5.75 Å². The van der Waals surface area contributed by atoms with E-state index in [0.717, 1.165) is 31.6 Å². The van der Waals surface area contributed by atoms with E-state index in [1.54, 1.807) is 0 Å². The molecular weight excluding hydrogens is 318 g/mol. The summed E-state index contributed by atoms with van der Waals surface area (Å²) in [4.78, 5) is 4.69.